The number of benzene rings is 1. The van der Waals surface area contributed by atoms with Gasteiger partial charge in [-0.25, -0.2) is 4.68 Å². The zero-order chi connectivity index (χ0) is 13.7. The fourth-order valence-electron chi connectivity index (χ4n) is 1.82. The minimum atomic E-state index is 0.869. The van der Waals surface area contributed by atoms with Gasteiger partial charge in [-0.15, -0.1) is 12.6 Å². The molecule has 1 aromatic carbocycles. The minimum absolute atomic E-state index is 0.869. The highest BCUT2D eigenvalue weighted by Gasteiger charge is 2.10. The van der Waals surface area contributed by atoms with Crippen molar-refractivity contribution in [1.82, 2.24) is 15.1 Å². The van der Waals surface area contributed by atoms with Crippen molar-refractivity contribution < 1.29 is 0 Å². The Morgan fingerprint density at radius 3 is 2.74 bits per heavy atom. The summed E-state index contributed by atoms with van der Waals surface area (Å²) in [6.07, 6.45) is 3.45. The van der Waals surface area contributed by atoms with Crippen LogP contribution in [0.3, 0.4) is 0 Å². The predicted molar refractivity (Wildman–Crippen MR) is 82.8 cm³/mol. The molecular weight excluding hydrogens is 256 g/mol. The summed E-state index contributed by atoms with van der Waals surface area (Å²) in [5.41, 5.74) is 3.95. The molecule has 0 saturated carbocycles. The predicted octanol–water partition coefficient (Wildman–Crippen LogP) is 2.66. The lowest BCUT2D eigenvalue weighted by Crippen LogP contribution is -2.09. The van der Waals surface area contributed by atoms with Gasteiger partial charge in [0.05, 0.1) is 29.6 Å². The van der Waals surface area contributed by atoms with Crippen LogP contribution >= 0.6 is 12.6 Å². The third kappa shape index (κ3) is 2.88. The van der Waals surface area contributed by atoms with Crippen LogP contribution < -0.4 is 5.32 Å². The first-order chi connectivity index (χ1) is 9.27. The van der Waals surface area contributed by atoms with Gasteiger partial charge in [-0.2, -0.15) is 5.10 Å². The normalized spacial score (nSPS) is 12.1. The van der Waals surface area contributed by atoms with E-state index in [4.69, 9.17) is 0 Å². The Bertz CT molecular complexity index is 599. The van der Waals surface area contributed by atoms with Crippen LogP contribution in [0.5, 0.6) is 0 Å². The maximum absolute atomic E-state index is 4.42. The number of rotatable bonds is 4. The maximum Gasteiger partial charge on any atom is 0.0864 e. The molecular formula is C14H16N4S. The van der Waals surface area contributed by atoms with Gasteiger partial charge in [-0.05, 0) is 24.5 Å². The maximum atomic E-state index is 4.42. The molecule has 0 amide bonds. The Balaban J connectivity index is 2.38. The third-order valence-corrected chi connectivity index (χ3v) is 3.04. The molecule has 19 heavy (non-hydrogen) atoms. The first-order valence-corrected chi connectivity index (χ1v) is 6.41. The molecule has 0 radical (unpaired) electrons. The van der Waals surface area contributed by atoms with E-state index in [-0.39, 0.29) is 0 Å². The van der Waals surface area contributed by atoms with E-state index in [0.717, 1.165) is 22.6 Å². The molecule has 0 unspecified atom stereocenters. The number of nitrogens with one attached hydrogen (secondary N) is 1. The molecule has 0 atom stereocenters. The van der Waals surface area contributed by atoms with Crippen LogP contribution in [0.15, 0.2) is 46.9 Å². The van der Waals surface area contributed by atoms with Gasteiger partial charge >= 0.3 is 0 Å². The third-order valence-electron chi connectivity index (χ3n) is 2.78. The lowest BCUT2D eigenvalue weighted by molar-refractivity contribution is 0.846. The fourth-order valence-corrected chi connectivity index (χ4v) is 2.04. The van der Waals surface area contributed by atoms with Gasteiger partial charge in [0.2, 0.25) is 0 Å². The van der Waals surface area contributed by atoms with E-state index in [1.807, 2.05) is 48.1 Å². The van der Waals surface area contributed by atoms with Crippen LogP contribution in [0.25, 0.3) is 11.4 Å². The van der Waals surface area contributed by atoms with Crippen molar-refractivity contribution in [3.05, 3.63) is 53.2 Å². The number of para-hydroxylation sites is 1. The lowest BCUT2D eigenvalue weighted by atomic mass is 10.2. The molecule has 4 nitrogen and oxygen atoms in total. The smallest absolute Gasteiger partial charge is 0.0864 e. The summed E-state index contributed by atoms with van der Waals surface area (Å²) in [7, 11) is 1.71. The van der Waals surface area contributed by atoms with Crippen molar-refractivity contribution in [2.45, 2.75) is 6.92 Å². The Labute approximate surface area is 118 Å². The van der Waals surface area contributed by atoms with E-state index in [0.29, 0.717) is 0 Å². The highest BCUT2D eigenvalue weighted by molar-refractivity contribution is 7.83. The molecule has 2 rings (SSSR count). The van der Waals surface area contributed by atoms with E-state index in [2.05, 4.69) is 28.0 Å². The summed E-state index contributed by atoms with van der Waals surface area (Å²) in [4.78, 5) is 3.91. The van der Waals surface area contributed by atoms with Crippen molar-refractivity contribution in [2.75, 3.05) is 7.05 Å². The van der Waals surface area contributed by atoms with Gasteiger partial charge in [-0.1, -0.05) is 18.2 Å². The van der Waals surface area contributed by atoms with E-state index in [1.165, 1.54) is 0 Å². The first kappa shape index (κ1) is 13.4. The van der Waals surface area contributed by atoms with Crippen molar-refractivity contribution in [3.63, 3.8) is 0 Å². The van der Waals surface area contributed by atoms with Crippen LogP contribution in [-0.2, 0) is 0 Å². The number of aromatic nitrogens is 2. The SMILES string of the molecule is CN=CN/C(=C\S)c1cnn(-c2ccccc2)c1C. The molecule has 1 N–H and O–H groups in total. The number of nitrogens with zero attached hydrogens (tertiary/aromatic N) is 3. The first-order valence-electron chi connectivity index (χ1n) is 5.90. The summed E-state index contributed by atoms with van der Waals surface area (Å²) in [5.74, 6) is 0. The molecule has 0 saturated heterocycles. The molecule has 1 aromatic heterocycles. The molecule has 0 fully saturated rings. The largest absolute Gasteiger partial charge is 0.346 e. The van der Waals surface area contributed by atoms with Crippen LogP contribution in [-0.4, -0.2) is 23.2 Å². The van der Waals surface area contributed by atoms with Crippen LogP contribution in [0.4, 0.5) is 0 Å². The zero-order valence-corrected chi connectivity index (χ0v) is 11.8. The minimum Gasteiger partial charge on any atom is -0.346 e. The van der Waals surface area contributed by atoms with Gasteiger partial charge in [0.25, 0.3) is 0 Å². The van der Waals surface area contributed by atoms with Gasteiger partial charge in [0.15, 0.2) is 0 Å². The van der Waals surface area contributed by atoms with Crippen molar-refractivity contribution >= 4 is 24.7 Å². The quantitative estimate of drug-likeness (QED) is 0.510. The summed E-state index contributed by atoms with van der Waals surface area (Å²) >= 11 is 4.22. The second-order valence-electron chi connectivity index (χ2n) is 3.97. The molecule has 0 aliphatic carbocycles. The summed E-state index contributed by atoms with van der Waals surface area (Å²) in [6.45, 7) is 2.03. The Hall–Kier alpha value is -2.01. The van der Waals surface area contributed by atoms with E-state index in [9.17, 15) is 0 Å². The average Bonchev–Trinajstić information content (AvgIpc) is 2.83. The zero-order valence-electron chi connectivity index (χ0n) is 10.9. The van der Waals surface area contributed by atoms with Crippen LogP contribution in [0.1, 0.15) is 11.3 Å². The fraction of sp³-hybridized carbons (Fsp3) is 0.143. The number of hydrogen-bond donors (Lipinski definition) is 2. The highest BCUT2D eigenvalue weighted by Crippen LogP contribution is 2.19. The number of thiol groups is 1. The van der Waals surface area contributed by atoms with E-state index < -0.39 is 0 Å². The second kappa shape index (κ2) is 6.24. The molecule has 0 spiro atoms. The summed E-state index contributed by atoms with van der Waals surface area (Å²) < 4.78 is 1.90. The monoisotopic (exact) mass is 272 g/mol. The topological polar surface area (TPSA) is 42.2 Å². The molecule has 0 aliphatic heterocycles. The van der Waals surface area contributed by atoms with Gasteiger partial charge < -0.3 is 5.32 Å². The van der Waals surface area contributed by atoms with Crippen molar-refractivity contribution in [3.8, 4) is 5.69 Å². The van der Waals surface area contributed by atoms with Crippen molar-refractivity contribution in [1.29, 1.82) is 0 Å². The second-order valence-corrected chi connectivity index (χ2v) is 4.22. The van der Waals surface area contributed by atoms with E-state index >= 15 is 0 Å². The highest BCUT2D eigenvalue weighted by atomic mass is 32.1. The Morgan fingerprint density at radius 2 is 2.11 bits per heavy atom. The number of hydrogen-bond acceptors (Lipinski definition) is 3. The van der Waals surface area contributed by atoms with Gasteiger partial charge in [0, 0.05) is 12.6 Å². The standard InChI is InChI=1S/C14H16N4S/c1-11-13(14(9-19)16-10-15-2)8-17-18(11)12-6-4-3-5-7-12/h3-10,19H,1-2H3,(H,15,16)/b14-9-. The molecule has 5 heteroatoms. The number of aliphatic imine (C=N–C) groups is 1. The van der Waals surface area contributed by atoms with Crippen LogP contribution in [0, 0.1) is 6.92 Å². The summed E-state index contributed by atoms with van der Waals surface area (Å²) in [5, 5.41) is 9.21. The Morgan fingerprint density at radius 1 is 1.37 bits per heavy atom. The molecule has 0 aliphatic rings. The van der Waals surface area contributed by atoms with Gasteiger partial charge in [-0.3, -0.25) is 4.99 Å². The molecule has 0 bridgehead atoms. The molecule has 98 valence electrons. The van der Waals surface area contributed by atoms with Crippen molar-refractivity contribution in [2.24, 2.45) is 4.99 Å². The molecule has 2 aromatic rings. The average molecular weight is 272 g/mol. The summed E-state index contributed by atoms with van der Waals surface area (Å²) in [6, 6.07) is 10.0. The van der Waals surface area contributed by atoms with Gasteiger partial charge in [0.1, 0.15) is 0 Å². The molecule has 1 heterocycles. The van der Waals surface area contributed by atoms with Crippen LogP contribution in [0.2, 0.25) is 0 Å². The van der Waals surface area contributed by atoms with E-state index in [1.54, 1.807) is 18.8 Å². The lowest BCUT2D eigenvalue weighted by Gasteiger charge is -2.07. The Kier molecular flexibility index (Phi) is 4.41.